The van der Waals surface area contributed by atoms with Crippen LogP contribution in [-0.2, 0) is 24.4 Å². The summed E-state index contributed by atoms with van der Waals surface area (Å²) in [5.41, 5.74) is 3.68. The molecule has 2 aliphatic rings. The molecule has 0 saturated carbocycles. The minimum absolute atomic E-state index is 0.172. The predicted molar refractivity (Wildman–Crippen MR) is 115 cm³/mol. The van der Waals surface area contributed by atoms with Crippen molar-refractivity contribution < 1.29 is 9.53 Å². The predicted octanol–water partition coefficient (Wildman–Crippen LogP) is 3.40. The van der Waals surface area contributed by atoms with Gasteiger partial charge in [-0.05, 0) is 29.3 Å². The largest absolute Gasteiger partial charge is 0.492 e. The molecule has 5 nitrogen and oxygen atoms in total. The molecule has 4 rings (SSSR count). The highest BCUT2D eigenvalue weighted by atomic mass is 35.5. The summed E-state index contributed by atoms with van der Waals surface area (Å²) in [6, 6.07) is 14.6. The van der Waals surface area contributed by atoms with Crippen LogP contribution in [0.4, 0.5) is 0 Å². The molecule has 0 N–H and O–H groups in total. The summed E-state index contributed by atoms with van der Waals surface area (Å²) in [5.74, 6) is 1.15. The summed E-state index contributed by atoms with van der Waals surface area (Å²) in [7, 11) is 0. The van der Waals surface area contributed by atoms with Crippen molar-refractivity contribution >= 4 is 17.5 Å². The molecule has 2 aliphatic heterocycles. The molecule has 0 bridgehead atoms. The SMILES string of the molecule is CC(=O)N1CCN(Cc2ccc3c(c2)CN(Cc2ccccc2Cl)CCO3)CC1. The maximum Gasteiger partial charge on any atom is 0.219 e. The van der Waals surface area contributed by atoms with E-state index >= 15 is 0 Å². The molecule has 0 aliphatic carbocycles. The number of carbonyl (C=O) groups is 1. The Kier molecular flexibility index (Phi) is 6.38. The van der Waals surface area contributed by atoms with Gasteiger partial charge in [0.15, 0.2) is 0 Å². The van der Waals surface area contributed by atoms with Gasteiger partial charge in [-0.3, -0.25) is 14.6 Å². The Balaban J connectivity index is 1.42. The quantitative estimate of drug-likeness (QED) is 0.769. The van der Waals surface area contributed by atoms with E-state index in [4.69, 9.17) is 16.3 Å². The van der Waals surface area contributed by atoms with Crippen molar-refractivity contribution in [2.75, 3.05) is 39.3 Å². The fraction of sp³-hybridized carbons (Fsp3) is 0.435. The number of fused-ring (bicyclic) bond motifs is 1. The topological polar surface area (TPSA) is 36.0 Å². The molecule has 2 aromatic carbocycles. The van der Waals surface area contributed by atoms with Gasteiger partial charge >= 0.3 is 0 Å². The summed E-state index contributed by atoms with van der Waals surface area (Å²) in [4.78, 5) is 18.3. The number of amides is 1. The molecular weight excluding hydrogens is 386 g/mol. The van der Waals surface area contributed by atoms with Gasteiger partial charge < -0.3 is 9.64 Å². The Bertz CT molecular complexity index is 865. The van der Waals surface area contributed by atoms with Crippen LogP contribution in [0, 0.1) is 0 Å². The Labute approximate surface area is 177 Å². The Morgan fingerprint density at radius 2 is 1.79 bits per heavy atom. The molecule has 0 spiro atoms. The molecule has 0 atom stereocenters. The molecule has 0 radical (unpaired) electrons. The minimum Gasteiger partial charge on any atom is -0.492 e. The average Bonchev–Trinajstić information content (AvgIpc) is 2.91. The van der Waals surface area contributed by atoms with E-state index in [1.165, 1.54) is 11.1 Å². The van der Waals surface area contributed by atoms with Gasteiger partial charge in [0.1, 0.15) is 12.4 Å². The summed E-state index contributed by atoms with van der Waals surface area (Å²) in [6.45, 7) is 9.26. The number of hydrogen-bond donors (Lipinski definition) is 0. The van der Waals surface area contributed by atoms with Crippen LogP contribution < -0.4 is 4.74 Å². The molecule has 0 unspecified atom stereocenters. The van der Waals surface area contributed by atoms with E-state index in [0.717, 1.165) is 68.7 Å². The van der Waals surface area contributed by atoms with E-state index in [1.807, 2.05) is 23.1 Å². The van der Waals surface area contributed by atoms with Crippen LogP contribution in [0.1, 0.15) is 23.6 Å². The van der Waals surface area contributed by atoms with Crippen molar-refractivity contribution in [1.82, 2.24) is 14.7 Å². The van der Waals surface area contributed by atoms with Gasteiger partial charge in [-0.25, -0.2) is 0 Å². The van der Waals surface area contributed by atoms with Gasteiger partial charge in [0.2, 0.25) is 5.91 Å². The first-order valence-corrected chi connectivity index (χ1v) is 10.6. The lowest BCUT2D eigenvalue weighted by Gasteiger charge is -2.34. The van der Waals surface area contributed by atoms with E-state index in [2.05, 4.69) is 34.1 Å². The molecule has 0 aromatic heterocycles. The molecule has 2 aromatic rings. The van der Waals surface area contributed by atoms with Gasteiger partial charge in [-0.2, -0.15) is 0 Å². The highest BCUT2D eigenvalue weighted by Gasteiger charge is 2.20. The second kappa shape index (κ2) is 9.16. The van der Waals surface area contributed by atoms with Crippen LogP contribution >= 0.6 is 11.6 Å². The number of piperazine rings is 1. The van der Waals surface area contributed by atoms with Crippen molar-refractivity contribution in [2.45, 2.75) is 26.6 Å². The molecular formula is C23H28ClN3O2. The third-order valence-electron chi connectivity index (χ3n) is 5.76. The number of halogens is 1. The second-order valence-corrected chi connectivity index (χ2v) is 8.28. The maximum absolute atomic E-state index is 11.5. The van der Waals surface area contributed by atoms with Crippen LogP contribution in [-0.4, -0.2) is 59.9 Å². The summed E-state index contributed by atoms with van der Waals surface area (Å²) >= 11 is 6.36. The van der Waals surface area contributed by atoms with Crippen molar-refractivity contribution in [3.63, 3.8) is 0 Å². The molecule has 1 saturated heterocycles. The van der Waals surface area contributed by atoms with E-state index in [9.17, 15) is 4.79 Å². The summed E-state index contributed by atoms with van der Waals surface area (Å²) in [6.07, 6.45) is 0. The first kappa shape index (κ1) is 20.2. The zero-order valence-electron chi connectivity index (χ0n) is 16.9. The molecule has 154 valence electrons. The van der Waals surface area contributed by atoms with Crippen LogP contribution in [0.3, 0.4) is 0 Å². The first-order valence-electron chi connectivity index (χ1n) is 10.3. The highest BCUT2D eigenvalue weighted by molar-refractivity contribution is 6.31. The van der Waals surface area contributed by atoms with Gasteiger partial charge in [-0.1, -0.05) is 35.9 Å². The van der Waals surface area contributed by atoms with Crippen molar-refractivity contribution in [3.8, 4) is 5.75 Å². The van der Waals surface area contributed by atoms with Crippen molar-refractivity contribution in [1.29, 1.82) is 0 Å². The van der Waals surface area contributed by atoms with Crippen molar-refractivity contribution in [3.05, 3.63) is 64.2 Å². The number of carbonyl (C=O) groups excluding carboxylic acids is 1. The van der Waals surface area contributed by atoms with Gasteiger partial charge in [-0.15, -0.1) is 0 Å². The second-order valence-electron chi connectivity index (χ2n) is 7.87. The normalized spacial score (nSPS) is 18.1. The fourth-order valence-electron chi connectivity index (χ4n) is 4.08. The van der Waals surface area contributed by atoms with E-state index in [-0.39, 0.29) is 5.91 Å². The average molecular weight is 414 g/mol. The third kappa shape index (κ3) is 5.10. The summed E-state index contributed by atoms with van der Waals surface area (Å²) in [5, 5.41) is 0.816. The Morgan fingerprint density at radius 3 is 2.55 bits per heavy atom. The molecule has 6 heteroatoms. The van der Waals surface area contributed by atoms with E-state index < -0.39 is 0 Å². The fourth-order valence-corrected chi connectivity index (χ4v) is 4.28. The van der Waals surface area contributed by atoms with E-state index in [1.54, 1.807) is 6.92 Å². The number of rotatable bonds is 4. The third-order valence-corrected chi connectivity index (χ3v) is 6.13. The number of nitrogens with zero attached hydrogens (tertiary/aromatic N) is 3. The Morgan fingerprint density at radius 1 is 1.00 bits per heavy atom. The maximum atomic E-state index is 11.5. The minimum atomic E-state index is 0.172. The van der Waals surface area contributed by atoms with Crippen molar-refractivity contribution in [2.24, 2.45) is 0 Å². The van der Waals surface area contributed by atoms with Crippen LogP contribution in [0.25, 0.3) is 0 Å². The monoisotopic (exact) mass is 413 g/mol. The first-order chi connectivity index (χ1) is 14.1. The lowest BCUT2D eigenvalue weighted by Crippen LogP contribution is -2.47. The Hall–Kier alpha value is -2.08. The summed E-state index contributed by atoms with van der Waals surface area (Å²) < 4.78 is 6.00. The number of hydrogen-bond acceptors (Lipinski definition) is 4. The van der Waals surface area contributed by atoms with E-state index in [0.29, 0.717) is 6.61 Å². The molecule has 1 fully saturated rings. The van der Waals surface area contributed by atoms with Crippen LogP contribution in [0.5, 0.6) is 5.75 Å². The lowest BCUT2D eigenvalue weighted by molar-refractivity contribution is -0.130. The molecule has 2 heterocycles. The number of benzene rings is 2. The standard InChI is InChI=1S/C23H28ClN3O2/c1-18(28)27-10-8-25(9-11-27)15-19-6-7-23-21(14-19)17-26(12-13-29-23)16-20-4-2-3-5-22(20)24/h2-7,14H,8-13,15-17H2,1H3. The van der Waals surface area contributed by atoms with Crippen LogP contribution in [0.15, 0.2) is 42.5 Å². The molecule has 29 heavy (non-hydrogen) atoms. The zero-order chi connectivity index (χ0) is 20.2. The molecule has 1 amide bonds. The smallest absolute Gasteiger partial charge is 0.219 e. The highest BCUT2D eigenvalue weighted by Crippen LogP contribution is 2.27. The van der Waals surface area contributed by atoms with Gasteiger partial charge in [0, 0.05) is 69.9 Å². The zero-order valence-corrected chi connectivity index (χ0v) is 17.7. The number of ether oxygens (including phenoxy) is 1. The van der Waals surface area contributed by atoms with Gasteiger partial charge in [0.05, 0.1) is 0 Å². The lowest BCUT2D eigenvalue weighted by atomic mass is 10.1. The van der Waals surface area contributed by atoms with Crippen LogP contribution in [0.2, 0.25) is 5.02 Å². The van der Waals surface area contributed by atoms with Gasteiger partial charge in [0.25, 0.3) is 0 Å².